The minimum absolute atomic E-state index is 0.176. The number of nitrogens with zero attached hydrogens (tertiary/aromatic N) is 6. The Bertz CT molecular complexity index is 1320. The summed E-state index contributed by atoms with van der Waals surface area (Å²) in [5.74, 6) is 0.516. The molecule has 3 fully saturated rings. The Morgan fingerprint density at radius 1 is 1.05 bits per heavy atom. The lowest BCUT2D eigenvalue weighted by Crippen LogP contribution is -2.54. The fourth-order valence-corrected chi connectivity index (χ4v) is 6.33. The smallest absolute Gasteiger partial charge is 0.257 e. The Kier molecular flexibility index (Phi) is 7.56. The number of alkyl halides is 2. The molecule has 2 atom stereocenters. The zero-order valence-corrected chi connectivity index (χ0v) is 23.7. The number of pyridine rings is 2. The minimum Gasteiger partial charge on any atom is -0.367 e. The second-order valence-electron chi connectivity index (χ2n) is 12.2. The molecular weight excluding hydrogens is 510 g/mol. The van der Waals surface area contributed by atoms with Crippen molar-refractivity contribution in [3.63, 3.8) is 0 Å². The predicted molar refractivity (Wildman–Crippen MR) is 154 cm³/mol. The van der Waals surface area contributed by atoms with Crippen molar-refractivity contribution in [3.8, 4) is 0 Å². The molecule has 1 aliphatic carbocycles. The zero-order chi connectivity index (χ0) is 27.9. The highest BCUT2D eigenvalue weighted by Crippen LogP contribution is 2.44. The van der Waals surface area contributed by atoms with E-state index in [1.165, 1.54) is 18.4 Å². The normalized spacial score (nSPS) is 23.1. The van der Waals surface area contributed by atoms with Crippen LogP contribution in [0.1, 0.15) is 69.3 Å². The van der Waals surface area contributed by atoms with Gasteiger partial charge in [-0.3, -0.25) is 9.88 Å². The Morgan fingerprint density at radius 2 is 1.80 bits per heavy atom. The number of anilines is 2. The number of hydrogen-bond donors (Lipinski definition) is 2. The molecular formula is C30H40F2N8. The number of piperidine rings is 1. The van der Waals surface area contributed by atoms with Crippen molar-refractivity contribution in [1.29, 1.82) is 0 Å². The quantitative estimate of drug-likeness (QED) is 0.421. The number of nitrogens with one attached hydrogen (secondary N) is 2. The van der Waals surface area contributed by atoms with E-state index in [9.17, 15) is 8.78 Å². The lowest BCUT2D eigenvalue weighted by Gasteiger charge is -2.37. The van der Waals surface area contributed by atoms with Crippen LogP contribution in [0.2, 0.25) is 0 Å². The first-order chi connectivity index (χ1) is 19.2. The fraction of sp³-hybridized carbons (Fsp3) is 0.600. The molecule has 6 rings (SSSR count). The highest BCUT2D eigenvalue weighted by molar-refractivity contribution is 5.92. The first-order valence-electron chi connectivity index (χ1n) is 14.7. The molecule has 2 saturated heterocycles. The molecule has 214 valence electrons. The van der Waals surface area contributed by atoms with Crippen LogP contribution < -0.4 is 15.5 Å². The Balaban J connectivity index is 1.22. The van der Waals surface area contributed by atoms with Gasteiger partial charge in [0.25, 0.3) is 5.92 Å². The SMILES string of the molecule is C[C@@H]1CN(c2nc(Cc3ccnc(NC4CCN(CC(C)(F)F)CC4)c3)nc3cncc(C4CC4)c23)C[C@H](C)N1. The summed E-state index contributed by atoms with van der Waals surface area (Å²) in [6.07, 6.45) is 10.3. The van der Waals surface area contributed by atoms with E-state index >= 15 is 0 Å². The molecule has 2 N–H and O–H groups in total. The van der Waals surface area contributed by atoms with Gasteiger partial charge in [-0.1, -0.05) is 0 Å². The van der Waals surface area contributed by atoms with E-state index in [0.29, 0.717) is 37.5 Å². The number of fused-ring (bicyclic) bond motifs is 1. The van der Waals surface area contributed by atoms with Gasteiger partial charge in [-0.05, 0) is 68.7 Å². The number of halogens is 2. The maximum Gasteiger partial charge on any atom is 0.257 e. The summed E-state index contributed by atoms with van der Waals surface area (Å²) in [5, 5.41) is 8.32. The summed E-state index contributed by atoms with van der Waals surface area (Å²) in [5.41, 5.74) is 3.28. The van der Waals surface area contributed by atoms with Crippen molar-refractivity contribution >= 4 is 22.5 Å². The maximum absolute atomic E-state index is 13.4. The zero-order valence-electron chi connectivity index (χ0n) is 23.7. The van der Waals surface area contributed by atoms with Gasteiger partial charge in [0.05, 0.1) is 18.3 Å². The average Bonchev–Trinajstić information content (AvgIpc) is 3.73. The van der Waals surface area contributed by atoms with Gasteiger partial charge < -0.3 is 15.5 Å². The van der Waals surface area contributed by atoms with Crippen LogP contribution >= 0.6 is 0 Å². The van der Waals surface area contributed by atoms with E-state index in [4.69, 9.17) is 9.97 Å². The molecule has 3 aromatic rings. The summed E-state index contributed by atoms with van der Waals surface area (Å²) in [4.78, 5) is 23.6. The van der Waals surface area contributed by atoms with Crippen LogP contribution in [0, 0.1) is 0 Å². The molecule has 0 aromatic carbocycles. The molecule has 8 nitrogen and oxygen atoms in total. The number of aromatic nitrogens is 4. The second kappa shape index (κ2) is 11.1. The Labute approximate surface area is 235 Å². The number of likely N-dealkylation sites (tertiary alicyclic amines) is 1. The monoisotopic (exact) mass is 550 g/mol. The van der Waals surface area contributed by atoms with Gasteiger partial charge in [0.2, 0.25) is 0 Å². The standard InChI is InChI=1S/C30H40F2N8/c1-19-16-40(17-20(2)35-19)29-28-24(22-4-5-22)14-33-15-25(28)37-27(38-29)13-21-6-9-34-26(12-21)36-23-7-10-39(11-8-23)18-30(3,31)32/h6,9,12,14-15,19-20,22-23,35H,4-5,7-8,10-11,13,16-18H2,1-3H3,(H,34,36)/t19-,20+. The molecule has 40 heavy (non-hydrogen) atoms. The summed E-state index contributed by atoms with van der Waals surface area (Å²) in [6, 6.07) is 5.05. The van der Waals surface area contributed by atoms with E-state index in [2.05, 4.69) is 45.4 Å². The lowest BCUT2D eigenvalue weighted by atomic mass is 10.0. The van der Waals surface area contributed by atoms with Crippen LogP contribution in [0.25, 0.3) is 10.9 Å². The van der Waals surface area contributed by atoms with E-state index in [1.807, 2.05) is 29.6 Å². The van der Waals surface area contributed by atoms with E-state index < -0.39 is 5.92 Å². The molecule has 0 unspecified atom stereocenters. The summed E-state index contributed by atoms with van der Waals surface area (Å²) in [7, 11) is 0. The van der Waals surface area contributed by atoms with Gasteiger partial charge in [-0.25, -0.2) is 23.7 Å². The van der Waals surface area contributed by atoms with Crippen LogP contribution in [-0.2, 0) is 6.42 Å². The first-order valence-corrected chi connectivity index (χ1v) is 14.7. The molecule has 3 aliphatic rings. The van der Waals surface area contributed by atoms with Crippen molar-refractivity contribution in [2.45, 2.75) is 82.8 Å². The highest BCUT2D eigenvalue weighted by Gasteiger charge is 2.31. The van der Waals surface area contributed by atoms with Crippen LogP contribution in [0.15, 0.2) is 30.7 Å². The third-order valence-electron chi connectivity index (χ3n) is 8.16. The van der Waals surface area contributed by atoms with Crippen molar-refractivity contribution in [2.75, 3.05) is 42.9 Å². The Morgan fingerprint density at radius 3 is 2.50 bits per heavy atom. The minimum atomic E-state index is -2.65. The van der Waals surface area contributed by atoms with Gasteiger partial charge in [-0.15, -0.1) is 0 Å². The molecule has 10 heteroatoms. The van der Waals surface area contributed by atoms with Crippen molar-refractivity contribution in [2.24, 2.45) is 0 Å². The van der Waals surface area contributed by atoms with E-state index in [-0.39, 0.29) is 12.6 Å². The molecule has 0 amide bonds. The third-order valence-corrected chi connectivity index (χ3v) is 8.16. The van der Waals surface area contributed by atoms with Crippen LogP contribution in [0.3, 0.4) is 0 Å². The molecule has 0 bridgehead atoms. The first kappa shape index (κ1) is 27.2. The maximum atomic E-state index is 13.4. The fourth-order valence-electron chi connectivity index (χ4n) is 6.33. The van der Waals surface area contributed by atoms with Crippen molar-refractivity contribution in [3.05, 3.63) is 47.7 Å². The Hall–Kier alpha value is -2.98. The summed E-state index contributed by atoms with van der Waals surface area (Å²) >= 11 is 0. The molecule has 3 aromatic heterocycles. The van der Waals surface area contributed by atoms with Gasteiger partial charge >= 0.3 is 0 Å². The third kappa shape index (κ3) is 6.49. The van der Waals surface area contributed by atoms with Crippen LogP contribution in [0.4, 0.5) is 20.4 Å². The van der Waals surface area contributed by atoms with Gasteiger partial charge in [0.1, 0.15) is 17.5 Å². The van der Waals surface area contributed by atoms with Crippen LogP contribution in [-0.4, -0.2) is 81.6 Å². The predicted octanol–water partition coefficient (Wildman–Crippen LogP) is 4.61. The number of hydrogen-bond acceptors (Lipinski definition) is 8. The summed E-state index contributed by atoms with van der Waals surface area (Å²) < 4.78 is 26.8. The molecule has 1 saturated carbocycles. The van der Waals surface area contributed by atoms with Gasteiger partial charge in [-0.2, -0.15) is 0 Å². The van der Waals surface area contributed by atoms with Gasteiger partial charge in [0, 0.05) is 75.4 Å². The van der Waals surface area contributed by atoms with Crippen molar-refractivity contribution < 1.29 is 8.78 Å². The number of piperazine rings is 1. The average molecular weight is 551 g/mol. The van der Waals surface area contributed by atoms with Crippen molar-refractivity contribution in [1.82, 2.24) is 30.2 Å². The largest absolute Gasteiger partial charge is 0.367 e. The topological polar surface area (TPSA) is 82.1 Å². The molecule has 0 radical (unpaired) electrons. The summed E-state index contributed by atoms with van der Waals surface area (Å²) in [6.45, 7) is 8.40. The highest BCUT2D eigenvalue weighted by atomic mass is 19.3. The second-order valence-corrected chi connectivity index (χ2v) is 12.2. The number of rotatable bonds is 8. The van der Waals surface area contributed by atoms with Gasteiger partial charge in [0.15, 0.2) is 0 Å². The molecule has 5 heterocycles. The van der Waals surface area contributed by atoms with Crippen LogP contribution in [0.5, 0.6) is 0 Å². The molecule has 2 aliphatic heterocycles. The lowest BCUT2D eigenvalue weighted by molar-refractivity contribution is -0.0193. The molecule has 0 spiro atoms. The van der Waals surface area contributed by atoms with E-state index in [0.717, 1.165) is 66.8 Å². The van der Waals surface area contributed by atoms with E-state index in [1.54, 1.807) is 0 Å².